The van der Waals surface area contributed by atoms with Gasteiger partial charge in [-0.05, 0) is 43.5 Å². The number of nitrogens with zero attached hydrogens (tertiary/aromatic N) is 1. The minimum absolute atomic E-state index is 0.395. The number of likely N-dealkylation sites (tertiary alicyclic amines) is 1. The highest BCUT2D eigenvalue weighted by Gasteiger charge is 2.29. The van der Waals surface area contributed by atoms with Crippen LogP contribution in [0.2, 0.25) is 0 Å². The lowest BCUT2D eigenvalue weighted by atomic mass is 9.98. The quantitative estimate of drug-likeness (QED) is 0.886. The van der Waals surface area contributed by atoms with E-state index < -0.39 is 12.0 Å². The molecule has 1 aliphatic heterocycles. The van der Waals surface area contributed by atoms with Gasteiger partial charge in [-0.1, -0.05) is 12.1 Å². The summed E-state index contributed by atoms with van der Waals surface area (Å²) >= 11 is 0. The monoisotopic (exact) mass is 249 g/mol. The molecule has 1 aromatic carbocycles. The van der Waals surface area contributed by atoms with E-state index in [1.807, 2.05) is 17.0 Å². The van der Waals surface area contributed by atoms with Crippen molar-refractivity contribution in [3.8, 4) is 5.75 Å². The molecule has 1 saturated heterocycles. The molecular formula is C14H19NO3. The molecule has 0 saturated carbocycles. The third kappa shape index (κ3) is 2.64. The molecule has 4 heteroatoms. The highest BCUT2D eigenvalue weighted by molar-refractivity contribution is 5.72. The average molecular weight is 249 g/mol. The molecule has 4 nitrogen and oxygen atoms in total. The number of hydrogen-bond donors (Lipinski definition) is 1. The average Bonchev–Trinajstić information content (AvgIpc) is 2.87. The van der Waals surface area contributed by atoms with Crippen LogP contribution in [0.25, 0.3) is 0 Å². The first kappa shape index (κ1) is 12.9. The topological polar surface area (TPSA) is 49.8 Å². The molecule has 0 aromatic heterocycles. The lowest BCUT2D eigenvalue weighted by Gasteiger charge is -2.20. The highest BCUT2D eigenvalue weighted by Crippen LogP contribution is 2.29. The van der Waals surface area contributed by atoms with Gasteiger partial charge >= 0.3 is 5.97 Å². The molecule has 98 valence electrons. The second kappa shape index (κ2) is 5.40. The van der Waals surface area contributed by atoms with Gasteiger partial charge in [0.05, 0.1) is 7.11 Å². The van der Waals surface area contributed by atoms with Gasteiger partial charge in [-0.2, -0.15) is 0 Å². The highest BCUT2D eigenvalue weighted by atomic mass is 16.5. The smallest absolute Gasteiger partial charge is 0.320 e. The third-order valence-corrected chi connectivity index (χ3v) is 3.71. The summed E-state index contributed by atoms with van der Waals surface area (Å²) in [4.78, 5) is 13.0. The number of aliphatic carboxylic acids is 1. The van der Waals surface area contributed by atoms with Gasteiger partial charge in [-0.3, -0.25) is 9.69 Å². The Hall–Kier alpha value is -1.55. The number of rotatable bonds is 4. The van der Waals surface area contributed by atoms with Gasteiger partial charge in [-0.25, -0.2) is 0 Å². The summed E-state index contributed by atoms with van der Waals surface area (Å²) in [6, 6.07) is 7.65. The fourth-order valence-corrected chi connectivity index (χ4v) is 2.44. The summed E-state index contributed by atoms with van der Waals surface area (Å²) < 4.78 is 5.13. The first-order valence-corrected chi connectivity index (χ1v) is 6.22. The standard InChI is InChI=1S/C14H19NO3/c1-10(14(16)17)15-8-7-12(9-15)11-3-5-13(18-2)6-4-11/h3-6,10,12H,7-9H2,1-2H3,(H,16,17)/t10-,12+/m0/s1. The normalized spacial score (nSPS) is 21.8. The molecule has 1 aromatic rings. The molecule has 2 atom stereocenters. The van der Waals surface area contributed by atoms with Gasteiger partial charge in [0.1, 0.15) is 11.8 Å². The minimum Gasteiger partial charge on any atom is -0.497 e. The van der Waals surface area contributed by atoms with Crippen molar-refractivity contribution in [1.82, 2.24) is 4.90 Å². The van der Waals surface area contributed by atoms with Gasteiger partial charge in [0, 0.05) is 6.54 Å². The fourth-order valence-electron chi connectivity index (χ4n) is 2.44. The van der Waals surface area contributed by atoms with Crippen molar-refractivity contribution >= 4 is 5.97 Å². The molecule has 0 amide bonds. The van der Waals surface area contributed by atoms with Crippen LogP contribution in [0.1, 0.15) is 24.8 Å². The van der Waals surface area contributed by atoms with Crippen LogP contribution in [0.5, 0.6) is 5.75 Å². The SMILES string of the molecule is COc1ccc([C@@H]2CCN([C@@H](C)C(=O)O)C2)cc1. The third-order valence-electron chi connectivity index (χ3n) is 3.71. The molecule has 1 heterocycles. The van der Waals surface area contributed by atoms with E-state index in [1.54, 1.807) is 14.0 Å². The largest absolute Gasteiger partial charge is 0.497 e. The van der Waals surface area contributed by atoms with Crippen molar-refractivity contribution in [1.29, 1.82) is 0 Å². The second-order valence-electron chi connectivity index (χ2n) is 4.77. The number of ether oxygens (including phenoxy) is 1. The summed E-state index contributed by atoms with van der Waals surface area (Å²) in [5.41, 5.74) is 1.26. The van der Waals surface area contributed by atoms with Crippen LogP contribution in [-0.2, 0) is 4.79 Å². The molecule has 0 unspecified atom stereocenters. The maximum absolute atomic E-state index is 11.0. The Balaban J connectivity index is 2.01. The van der Waals surface area contributed by atoms with Crippen molar-refractivity contribution in [2.45, 2.75) is 25.3 Å². The summed E-state index contributed by atoms with van der Waals surface area (Å²) in [6.45, 7) is 3.42. The lowest BCUT2D eigenvalue weighted by molar-refractivity contribution is -0.142. The van der Waals surface area contributed by atoms with E-state index in [0.717, 1.165) is 25.3 Å². The van der Waals surface area contributed by atoms with Gasteiger partial charge < -0.3 is 9.84 Å². The predicted octanol–water partition coefficient (Wildman–Crippen LogP) is 1.96. The Bertz CT molecular complexity index is 416. The molecule has 0 bridgehead atoms. The Kier molecular flexibility index (Phi) is 3.87. The molecule has 1 aliphatic rings. The molecule has 0 radical (unpaired) electrons. The van der Waals surface area contributed by atoms with E-state index in [4.69, 9.17) is 9.84 Å². The summed E-state index contributed by atoms with van der Waals surface area (Å²) in [7, 11) is 1.65. The van der Waals surface area contributed by atoms with E-state index in [2.05, 4.69) is 12.1 Å². The number of carboxylic acids is 1. The zero-order valence-electron chi connectivity index (χ0n) is 10.8. The number of methoxy groups -OCH3 is 1. The zero-order chi connectivity index (χ0) is 13.1. The van der Waals surface area contributed by atoms with Crippen molar-refractivity contribution in [3.05, 3.63) is 29.8 Å². The number of benzene rings is 1. The van der Waals surface area contributed by atoms with Crippen LogP contribution >= 0.6 is 0 Å². The predicted molar refractivity (Wildman–Crippen MR) is 69.0 cm³/mol. The molecule has 0 aliphatic carbocycles. The van der Waals surface area contributed by atoms with Crippen LogP contribution in [-0.4, -0.2) is 42.2 Å². The van der Waals surface area contributed by atoms with Crippen LogP contribution in [0.3, 0.4) is 0 Å². The van der Waals surface area contributed by atoms with E-state index in [9.17, 15) is 4.79 Å². The zero-order valence-corrected chi connectivity index (χ0v) is 10.8. The lowest BCUT2D eigenvalue weighted by Crippen LogP contribution is -2.37. The summed E-state index contributed by atoms with van der Waals surface area (Å²) in [5.74, 6) is 0.538. The Labute approximate surface area is 107 Å². The molecule has 2 rings (SSSR count). The second-order valence-corrected chi connectivity index (χ2v) is 4.77. The molecule has 0 spiro atoms. The van der Waals surface area contributed by atoms with E-state index in [1.165, 1.54) is 5.56 Å². The van der Waals surface area contributed by atoms with Crippen molar-refractivity contribution in [2.24, 2.45) is 0 Å². The van der Waals surface area contributed by atoms with Gasteiger partial charge in [0.2, 0.25) is 0 Å². The number of carboxylic acid groups (broad SMARTS) is 1. The first-order chi connectivity index (χ1) is 8.61. The van der Waals surface area contributed by atoms with Gasteiger partial charge in [0.15, 0.2) is 0 Å². The molecular weight excluding hydrogens is 230 g/mol. The van der Waals surface area contributed by atoms with E-state index in [-0.39, 0.29) is 0 Å². The minimum atomic E-state index is -0.745. The van der Waals surface area contributed by atoms with Crippen molar-refractivity contribution < 1.29 is 14.6 Å². The first-order valence-electron chi connectivity index (χ1n) is 6.22. The van der Waals surface area contributed by atoms with Crippen molar-refractivity contribution in [3.63, 3.8) is 0 Å². The van der Waals surface area contributed by atoms with Gasteiger partial charge in [-0.15, -0.1) is 0 Å². The van der Waals surface area contributed by atoms with E-state index >= 15 is 0 Å². The molecule has 18 heavy (non-hydrogen) atoms. The fraction of sp³-hybridized carbons (Fsp3) is 0.500. The van der Waals surface area contributed by atoms with Crippen LogP contribution in [0.4, 0.5) is 0 Å². The Morgan fingerprint density at radius 1 is 1.44 bits per heavy atom. The van der Waals surface area contributed by atoms with E-state index in [0.29, 0.717) is 5.92 Å². The summed E-state index contributed by atoms with van der Waals surface area (Å²) in [6.07, 6.45) is 1.02. The Morgan fingerprint density at radius 2 is 2.11 bits per heavy atom. The molecule has 1 fully saturated rings. The Morgan fingerprint density at radius 3 is 2.67 bits per heavy atom. The van der Waals surface area contributed by atoms with Crippen molar-refractivity contribution in [2.75, 3.05) is 20.2 Å². The molecule has 1 N–H and O–H groups in total. The van der Waals surface area contributed by atoms with Crippen LogP contribution in [0.15, 0.2) is 24.3 Å². The summed E-state index contributed by atoms with van der Waals surface area (Å²) in [5, 5.41) is 9.01. The maximum Gasteiger partial charge on any atom is 0.320 e. The maximum atomic E-state index is 11.0. The number of carbonyl (C=O) groups is 1. The van der Waals surface area contributed by atoms with Gasteiger partial charge in [0.25, 0.3) is 0 Å². The van der Waals surface area contributed by atoms with Crippen LogP contribution < -0.4 is 4.74 Å². The number of hydrogen-bond acceptors (Lipinski definition) is 3. The van der Waals surface area contributed by atoms with Crippen LogP contribution in [0, 0.1) is 0 Å².